The Morgan fingerprint density at radius 1 is 1.41 bits per heavy atom. The molecule has 0 saturated carbocycles. The summed E-state index contributed by atoms with van der Waals surface area (Å²) in [6, 6.07) is 4.98. The van der Waals surface area contributed by atoms with Crippen LogP contribution in [0.2, 0.25) is 0 Å². The number of thiazole rings is 1. The number of carbonyl (C=O) groups excluding carboxylic acids is 1. The molecule has 1 atom stereocenters. The summed E-state index contributed by atoms with van der Waals surface area (Å²) in [5.41, 5.74) is 2.09. The van der Waals surface area contributed by atoms with Crippen molar-refractivity contribution in [3.05, 3.63) is 50.7 Å². The summed E-state index contributed by atoms with van der Waals surface area (Å²) in [6.07, 6.45) is 0. The van der Waals surface area contributed by atoms with Crippen LogP contribution in [0.15, 0.2) is 23.2 Å². The van der Waals surface area contributed by atoms with Crippen LogP contribution in [-0.4, -0.2) is 30.6 Å². The van der Waals surface area contributed by atoms with Gasteiger partial charge in [-0.15, -0.1) is 11.3 Å². The molecule has 0 aliphatic heterocycles. The van der Waals surface area contributed by atoms with Gasteiger partial charge in [0.15, 0.2) is 5.96 Å². The van der Waals surface area contributed by atoms with Crippen molar-refractivity contribution in [3.63, 3.8) is 0 Å². The van der Waals surface area contributed by atoms with E-state index in [0.29, 0.717) is 35.2 Å². The predicted molar refractivity (Wildman–Crippen MR) is 106 cm³/mol. The highest BCUT2D eigenvalue weighted by molar-refractivity contribution is 7.13. The van der Waals surface area contributed by atoms with Crippen molar-refractivity contribution in [1.82, 2.24) is 15.6 Å². The van der Waals surface area contributed by atoms with Gasteiger partial charge in [-0.25, -0.2) is 14.2 Å². The third-order valence-corrected chi connectivity index (χ3v) is 5.24. The summed E-state index contributed by atoms with van der Waals surface area (Å²) in [6.45, 7) is 8.00. The number of guanidine groups is 1. The molecular formula is C19H25FN4O2S. The molecule has 8 heteroatoms. The second kappa shape index (κ2) is 9.45. The molecule has 1 aromatic carbocycles. The van der Waals surface area contributed by atoms with Crippen molar-refractivity contribution in [3.8, 4) is 0 Å². The van der Waals surface area contributed by atoms with Crippen LogP contribution in [0.5, 0.6) is 0 Å². The van der Waals surface area contributed by atoms with E-state index in [1.54, 1.807) is 33.9 Å². The number of nitrogens with zero attached hydrogens (tertiary/aromatic N) is 2. The lowest BCUT2D eigenvalue weighted by molar-refractivity contribution is 0.0531. The highest BCUT2D eigenvalue weighted by Gasteiger charge is 2.20. The number of carbonyl (C=O) groups is 1. The van der Waals surface area contributed by atoms with Crippen molar-refractivity contribution in [2.24, 2.45) is 4.99 Å². The Hall–Kier alpha value is -2.48. The lowest BCUT2D eigenvalue weighted by Gasteiger charge is -2.16. The zero-order valence-electron chi connectivity index (χ0n) is 16.2. The van der Waals surface area contributed by atoms with Crippen molar-refractivity contribution in [1.29, 1.82) is 0 Å². The Labute approximate surface area is 162 Å². The van der Waals surface area contributed by atoms with E-state index in [2.05, 4.69) is 20.6 Å². The van der Waals surface area contributed by atoms with Crippen LogP contribution in [0.25, 0.3) is 0 Å². The highest BCUT2D eigenvalue weighted by Crippen LogP contribution is 2.24. The largest absolute Gasteiger partial charge is 0.462 e. The lowest BCUT2D eigenvalue weighted by Crippen LogP contribution is -2.38. The SMILES string of the molecule is CCOC(=O)c1sc(C(C)NC(=NC)NCc2ccc(C)c(F)c2)nc1C. The van der Waals surface area contributed by atoms with Crippen LogP contribution in [-0.2, 0) is 11.3 Å². The first-order valence-electron chi connectivity index (χ1n) is 8.72. The van der Waals surface area contributed by atoms with E-state index >= 15 is 0 Å². The van der Waals surface area contributed by atoms with E-state index in [1.165, 1.54) is 17.4 Å². The quantitative estimate of drug-likeness (QED) is 0.447. The zero-order chi connectivity index (χ0) is 20.0. The zero-order valence-corrected chi connectivity index (χ0v) is 17.0. The Morgan fingerprint density at radius 3 is 2.78 bits per heavy atom. The van der Waals surface area contributed by atoms with Gasteiger partial charge in [-0.3, -0.25) is 4.99 Å². The van der Waals surface area contributed by atoms with Crippen LogP contribution >= 0.6 is 11.3 Å². The van der Waals surface area contributed by atoms with Gasteiger partial charge in [-0.05, 0) is 44.9 Å². The molecule has 6 nitrogen and oxygen atoms in total. The van der Waals surface area contributed by atoms with Crippen molar-refractivity contribution in [2.45, 2.75) is 40.3 Å². The van der Waals surface area contributed by atoms with Gasteiger partial charge in [0.2, 0.25) is 0 Å². The normalized spacial score (nSPS) is 12.6. The number of benzene rings is 1. The second-order valence-electron chi connectivity index (χ2n) is 6.06. The first-order chi connectivity index (χ1) is 12.8. The fourth-order valence-corrected chi connectivity index (χ4v) is 3.35. The Kier molecular flexibility index (Phi) is 7.29. The molecule has 0 aliphatic rings. The second-order valence-corrected chi connectivity index (χ2v) is 7.09. The van der Waals surface area contributed by atoms with Crippen molar-refractivity contribution in [2.75, 3.05) is 13.7 Å². The first kappa shape index (κ1) is 20.8. The molecule has 0 radical (unpaired) electrons. The maximum atomic E-state index is 13.7. The molecule has 146 valence electrons. The summed E-state index contributed by atoms with van der Waals surface area (Å²) >= 11 is 1.31. The molecule has 27 heavy (non-hydrogen) atoms. The Morgan fingerprint density at radius 2 is 2.15 bits per heavy atom. The molecule has 1 aromatic heterocycles. The number of ether oxygens (including phenoxy) is 1. The van der Waals surface area contributed by atoms with E-state index in [-0.39, 0.29) is 17.8 Å². The van der Waals surface area contributed by atoms with Crippen LogP contribution in [0, 0.1) is 19.7 Å². The van der Waals surface area contributed by atoms with Crippen molar-refractivity contribution >= 4 is 23.3 Å². The van der Waals surface area contributed by atoms with E-state index in [9.17, 15) is 9.18 Å². The molecule has 1 unspecified atom stereocenters. The van der Waals surface area contributed by atoms with E-state index in [4.69, 9.17) is 4.74 Å². The molecule has 0 spiro atoms. The molecule has 0 bridgehead atoms. The predicted octanol–water partition coefficient (Wildman–Crippen LogP) is 3.50. The molecular weight excluding hydrogens is 367 g/mol. The number of hydrogen-bond acceptors (Lipinski definition) is 5. The fraction of sp³-hybridized carbons (Fsp3) is 0.421. The standard InChI is InChI=1S/C19H25FN4O2S/c1-6-26-18(25)16-12(3)23-17(27-16)13(4)24-19(21-5)22-10-14-8-7-11(2)15(20)9-14/h7-9,13H,6,10H2,1-5H3,(H2,21,22,24). The molecule has 0 aliphatic carbocycles. The van der Waals surface area contributed by atoms with Gasteiger partial charge in [-0.1, -0.05) is 12.1 Å². The molecule has 0 amide bonds. The van der Waals surface area contributed by atoms with Gasteiger partial charge >= 0.3 is 5.97 Å². The fourth-order valence-electron chi connectivity index (χ4n) is 2.38. The smallest absolute Gasteiger partial charge is 0.350 e. The Bertz CT molecular complexity index is 835. The first-order valence-corrected chi connectivity index (χ1v) is 9.54. The van der Waals surface area contributed by atoms with E-state index in [0.717, 1.165) is 10.6 Å². The number of esters is 1. The minimum atomic E-state index is -0.352. The third-order valence-electron chi connectivity index (χ3n) is 3.92. The molecule has 1 heterocycles. The minimum Gasteiger partial charge on any atom is -0.462 e. The minimum absolute atomic E-state index is 0.155. The van der Waals surface area contributed by atoms with Crippen LogP contribution in [0.1, 0.15) is 51.4 Å². The van der Waals surface area contributed by atoms with E-state index in [1.807, 2.05) is 13.0 Å². The molecule has 2 aromatic rings. The van der Waals surface area contributed by atoms with Gasteiger partial charge in [0.05, 0.1) is 18.3 Å². The summed E-state index contributed by atoms with van der Waals surface area (Å²) in [5, 5.41) is 7.15. The van der Waals surface area contributed by atoms with Crippen molar-refractivity contribution < 1.29 is 13.9 Å². The number of aliphatic imine (C=N–C) groups is 1. The number of nitrogens with one attached hydrogen (secondary N) is 2. The molecule has 0 fully saturated rings. The van der Waals surface area contributed by atoms with Gasteiger partial charge in [0.1, 0.15) is 15.7 Å². The summed E-state index contributed by atoms with van der Waals surface area (Å²) in [7, 11) is 1.66. The van der Waals surface area contributed by atoms with Crippen LogP contribution < -0.4 is 10.6 Å². The van der Waals surface area contributed by atoms with E-state index < -0.39 is 0 Å². The monoisotopic (exact) mass is 392 g/mol. The summed E-state index contributed by atoms with van der Waals surface area (Å²) in [4.78, 5) is 21.1. The molecule has 2 rings (SSSR count). The number of aryl methyl sites for hydroxylation is 2. The van der Waals surface area contributed by atoms with Crippen LogP contribution in [0.4, 0.5) is 4.39 Å². The maximum Gasteiger partial charge on any atom is 0.350 e. The topological polar surface area (TPSA) is 75.6 Å². The maximum absolute atomic E-state index is 13.7. The average Bonchev–Trinajstić information content (AvgIpc) is 3.03. The van der Waals surface area contributed by atoms with Gasteiger partial charge in [-0.2, -0.15) is 0 Å². The third kappa shape index (κ3) is 5.50. The molecule has 2 N–H and O–H groups in total. The summed E-state index contributed by atoms with van der Waals surface area (Å²) < 4.78 is 18.7. The average molecular weight is 393 g/mol. The number of halogens is 1. The highest BCUT2D eigenvalue weighted by atomic mass is 32.1. The van der Waals surface area contributed by atoms with Gasteiger partial charge in [0, 0.05) is 13.6 Å². The number of hydrogen-bond donors (Lipinski definition) is 2. The lowest BCUT2D eigenvalue weighted by atomic mass is 10.1. The van der Waals surface area contributed by atoms with Gasteiger partial charge in [0.25, 0.3) is 0 Å². The number of rotatable bonds is 6. The Balaban J connectivity index is 2.00. The summed E-state index contributed by atoms with van der Waals surface area (Å²) in [5.74, 6) is -0.0146. The van der Waals surface area contributed by atoms with Crippen LogP contribution in [0.3, 0.4) is 0 Å². The van der Waals surface area contributed by atoms with Gasteiger partial charge < -0.3 is 15.4 Å². The number of aromatic nitrogens is 1. The molecule has 0 saturated heterocycles.